The summed E-state index contributed by atoms with van der Waals surface area (Å²) in [4.78, 5) is 30.4. The zero-order chi connectivity index (χ0) is 15.1. The van der Waals surface area contributed by atoms with Crippen LogP contribution in [0.5, 0.6) is 0 Å². The minimum Gasteiger partial charge on any atom is -0.342 e. The number of carbonyl (C=O) groups is 2. The minimum atomic E-state index is -0.514. The van der Waals surface area contributed by atoms with Gasteiger partial charge in [-0.15, -0.1) is 0 Å². The van der Waals surface area contributed by atoms with Gasteiger partial charge in [-0.25, -0.2) is 4.98 Å². The van der Waals surface area contributed by atoms with Crippen LogP contribution >= 0.6 is 0 Å². The molecule has 2 amide bonds. The number of hydrogen-bond acceptors (Lipinski definition) is 4. The predicted molar refractivity (Wildman–Crippen MR) is 72.4 cm³/mol. The van der Waals surface area contributed by atoms with E-state index in [9.17, 15) is 9.59 Å². The third kappa shape index (κ3) is 2.52. The van der Waals surface area contributed by atoms with Crippen molar-refractivity contribution < 1.29 is 9.59 Å². The summed E-state index contributed by atoms with van der Waals surface area (Å²) in [7, 11) is 1.77. The number of nitrogens with zero attached hydrogens (tertiary/aromatic N) is 4. The second-order valence-corrected chi connectivity index (χ2v) is 6.25. The molecule has 0 spiro atoms. The van der Waals surface area contributed by atoms with Gasteiger partial charge >= 0.3 is 0 Å². The minimum absolute atomic E-state index is 0.0763. The molecule has 1 aliphatic heterocycles. The van der Waals surface area contributed by atoms with Gasteiger partial charge in [-0.05, 0) is 12.3 Å². The average molecular weight is 279 g/mol. The second-order valence-electron chi connectivity index (χ2n) is 6.25. The first-order valence-corrected chi connectivity index (χ1v) is 6.65. The van der Waals surface area contributed by atoms with E-state index in [0.29, 0.717) is 5.82 Å². The van der Waals surface area contributed by atoms with Crippen LogP contribution in [-0.4, -0.2) is 43.6 Å². The molecule has 2 heterocycles. The Hall–Kier alpha value is -1.92. The smallest absolute Gasteiger partial charge is 0.246 e. The van der Waals surface area contributed by atoms with E-state index in [-0.39, 0.29) is 23.8 Å². The van der Waals surface area contributed by atoms with E-state index in [1.165, 1.54) is 6.33 Å². The molecule has 2 rings (SSSR count). The maximum atomic E-state index is 12.6. The fourth-order valence-corrected chi connectivity index (χ4v) is 2.24. The number of carbonyl (C=O) groups excluding carboxylic acids is 2. The van der Waals surface area contributed by atoms with E-state index < -0.39 is 12.1 Å². The van der Waals surface area contributed by atoms with Crippen LogP contribution in [-0.2, 0) is 23.2 Å². The van der Waals surface area contributed by atoms with Gasteiger partial charge in [-0.3, -0.25) is 14.3 Å². The molecular formula is C13H21N5O2. The summed E-state index contributed by atoms with van der Waals surface area (Å²) in [6.45, 7) is 7.82. The summed E-state index contributed by atoms with van der Waals surface area (Å²) in [5.74, 6) is 0.451. The predicted octanol–water partition coefficient (Wildman–Crippen LogP) is 0.0767. The fraction of sp³-hybridized carbons (Fsp3) is 0.692. The van der Waals surface area contributed by atoms with Crippen LogP contribution in [0, 0.1) is 5.41 Å². The van der Waals surface area contributed by atoms with E-state index in [0.717, 1.165) is 0 Å². The molecule has 1 aromatic rings. The largest absolute Gasteiger partial charge is 0.342 e. The van der Waals surface area contributed by atoms with Gasteiger partial charge < -0.3 is 10.2 Å². The molecule has 7 heteroatoms. The highest BCUT2D eigenvalue weighted by atomic mass is 16.2. The quantitative estimate of drug-likeness (QED) is 0.831. The standard InChI is InChI=1S/C13H21N5O2/c1-8-11(19)16-10(13(2,3)4)12(20)18(8)6-9-14-7-15-17(9)5/h7-8,10H,6H2,1-5H3,(H,16,19). The molecule has 110 valence electrons. The molecule has 20 heavy (non-hydrogen) atoms. The molecule has 2 atom stereocenters. The Balaban J connectivity index is 2.27. The van der Waals surface area contributed by atoms with Crippen molar-refractivity contribution in [1.29, 1.82) is 0 Å². The Morgan fingerprint density at radius 1 is 1.35 bits per heavy atom. The highest BCUT2D eigenvalue weighted by Crippen LogP contribution is 2.25. The molecule has 0 bridgehead atoms. The third-order valence-electron chi connectivity index (χ3n) is 3.65. The highest BCUT2D eigenvalue weighted by molar-refractivity contribution is 5.97. The number of aromatic nitrogens is 3. The summed E-state index contributed by atoms with van der Waals surface area (Å²) in [6.07, 6.45) is 1.44. The Kier molecular flexibility index (Phi) is 3.54. The average Bonchev–Trinajstić information content (AvgIpc) is 2.73. The van der Waals surface area contributed by atoms with Crippen molar-refractivity contribution in [3.8, 4) is 0 Å². The van der Waals surface area contributed by atoms with E-state index in [1.807, 2.05) is 20.8 Å². The molecule has 7 nitrogen and oxygen atoms in total. The number of rotatable bonds is 2. The van der Waals surface area contributed by atoms with Crippen LogP contribution in [0.2, 0.25) is 0 Å². The van der Waals surface area contributed by atoms with Crippen molar-refractivity contribution in [2.45, 2.75) is 46.3 Å². The van der Waals surface area contributed by atoms with Crippen LogP contribution in [0.15, 0.2) is 6.33 Å². The van der Waals surface area contributed by atoms with Gasteiger partial charge in [0.15, 0.2) is 0 Å². The Labute approximate surface area is 118 Å². The number of nitrogens with one attached hydrogen (secondary N) is 1. The zero-order valence-electron chi connectivity index (χ0n) is 12.5. The molecule has 0 aromatic carbocycles. The van der Waals surface area contributed by atoms with Crippen LogP contribution in [0.4, 0.5) is 0 Å². The SMILES string of the molecule is CC1C(=O)NC(C(C)(C)C)C(=O)N1Cc1ncnn1C. The van der Waals surface area contributed by atoms with Gasteiger partial charge in [0, 0.05) is 7.05 Å². The second kappa shape index (κ2) is 4.88. The van der Waals surface area contributed by atoms with Gasteiger partial charge in [0.2, 0.25) is 11.8 Å². The maximum absolute atomic E-state index is 12.6. The lowest BCUT2D eigenvalue weighted by atomic mass is 9.84. The van der Waals surface area contributed by atoms with Gasteiger partial charge in [0.1, 0.15) is 24.2 Å². The topological polar surface area (TPSA) is 80.1 Å². The van der Waals surface area contributed by atoms with Crippen molar-refractivity contribution in [3.63, 3.8) is 0 Å². The van der Waals surface area contributed by atoms with Crippen LogP contribution in [0.25, 0.3) is 0 Å². The molecule has 1 saturated heterocycles. The van der Waals surface area contributed by atoms with Crippen molar-refractivity contribution in [2.75, 3.05) is 0 Å². The highest BCUT2D eigenvalue weighted by Gasteiger charge is 2.43. The van der Waals surface area contributed by atoms with Gasteiger partial charge in [-0.1, -0.05) is 20.8 Å². The lowest BCUT2D eigenvalue weighted by Crippen LogP contribution is -2.65. The Morgan fingerprint density at radius 3 is 2.50 bits per heavy atom. The lowest BCUT2D eigenvalue weighted by Gasteiger charge is -2.42. The number of piperazine rings is 1. The van der Waals surface area contributed by atoms with Crippen molar-refractivity contribution >= 4 is 11.8 Å². The monoisotopic (exact) mass is 279 g/mol. The summed E-state index contributed by atoms with van der Waals surface area (Å²) in [5.41, 5.74) is -0.328. The third-order valence-corrected chi connectivity index (χ3v) is 3.65. The molecule has 0 radical (unpaired) electrons. The van der Waals surface area contributed by atoms with Crippen LogP contribution < -0.4 is 5.32 Å². The van der Waals surface area contributed by atoms with E-state index in [1.54, 1.807) is 23.6 Å². The van der Waals surface area contributed by atoms with Crippen LogP contribution in [0.3, 0.4) is 0 Å². The van der Waals surface area contributed by atoms with Crippen LogP contribution in [0.1, 0.15) is 33.5 Å². The zero-order valence-corrected chi connectivity index (χ0v) is 12.5. The summed E-state index contributed by atoms with van der Waals surface area (Å²) < 4.78 is 1.61. The number of amides is 2. The van der Waals surface area contributed by atoms with Crippen molar-refractivity contribution in [3.05, 3.63) is 12.2 Å². The molecule has 0 saturated carbocycles. The molecule has 1 N–H and O–H groups in total. The van der Waals surface area contributed by atoms with Gasteiger partial charge in [0.05, 0.1) is 6.54 Å². The number of hydrogen-bond donors (Lipinski definition) is 1. The molecule has 1 aromatic heterocycles. The van der Waals surface area contributed by atoms with Gasteiger partial charge in [0.25, 0.3) is 0 Å². The summed E-state index contributed by atoms with van der Waals surface area (Å²) in [6, 6.07) is -1.02. The Morgan fingerprint density at radius 2 is 2.00 bits per heavy atom. The maximum Gasteiger partial charge on any atom is 0.246 e. The molecular weight excluding hydrogens is 258 g/mol. The lowest BCUT2D eigenvalue weighted by molar-refractivity contribution is -0.152. The molecule has 1 aliphatic rings. The number of aryl methyl sites for hydroxylation is 1. The molecule has 0 aliphatic carbocycles. The molecule has 1 fully saturated rings. The van der Waals surface area contributed by atoms with E-state index >= 15 is 0 Å². The summed E-state index contributed by atoms with van der Waals surface area (Å²) >= 11 is 0. The van der Waals surface area contributed by atoms with Crippen molar-refractivity contribution in [1.82, 2.24) is 25.0 Å². The first-order valence-electron chi connectivity index (χ1n) is 6.65. The van der Waals surface area contributed by atoms with Crippen molar-refractivity contribution in [2.24, 2.45) is 12.5 Å². The first kappa shape index (κ1) is 14.5. The normalized spacial score (nSPS) is 23.9. The van der Waals surface area contributed by atoms with E-state index in [2.05, 4.69) is 15.4 Å². The first-order chi connectivity index (χ1) is 9.21. The molecule has 2 unspecified atom stereocenters. The fourth-order valence-electron chi connectivity index (χ4n) is 2.24. The van der Waals surface area contributed by atoms with Gasteiger partial charge in [-0.2, -0.15) is 5.10 Å². The Bertz CT molecular complexity index is 531. The van der Waals surface area contributed by atoms with E-state index in [4.69, 9.17) is 0 Å². The summed E-state index contributed by atoms with van der Waals surface area (Å²) in [5, 5.41) is 6.79.